The largest absolute Gasteiger partial charge is 0.481 e. The number of piperidine rings is 1. The van der Waals surface area contributed by atoms with Crippen molar-refractivity contribution < 1.29 is 14.7 Å². The molecule has 0 aromatic carbocycles. The lowest BCUT2D eigenvalue weighted by Crippen LogP contribution is -2.46. The Labute approximate surface area is 126 Å². The highest BCUT2D eigenvalue weighted by atomic mass is 16.4. The van der Waals surface area contributed by atoms with Crippen molar-refractivity contribution in [3.8, 4) is 0 Å². The van der Waals surface area contributed by atoms with E-state index in [4.69, 9.17) is 5.11 Å². The van der Waals surface area contributed by atoms with Gasteiger partial charge >= 0.3 is 12.0 Å². The smallest absolute Gasteiger partial charge is 0.320 e. The summed E-state index contributed by atoms with van der Waals surface area (Å²) in [6.45, 7) is 5.18. The number of hydrogen-bond donors (Lipinski definition) is 1. The number of carboxylic acid groups (broad SMARTS) is 1. The summed E-state index contributed by atoms with van der Waals surface area (Å²) in [5, 5.41) is 8.83. The van der Waals surface area contributed by atoms with Gasteiger partial charge in [0, 0.05) is 38.6 Å². The molecular weight excluding hydrogens is 270 g/mol. The number of aliphatic carboxylic acids is 1. The summed E-state index contributed by atoms with van der Waals surface area (Å²) in [5.41, 5.74) is 0. The van der Waals surface area contributed by atoms with Crippen LogP contribution in [0.4, 0.5) is 4.79 Å². The van der Waals surface area contributed by atoms with Gasteiger partial charge in [0.05, 0.1) is 0 Å². The molecule has 2 aliphatic heterocycles. The Kier molecular flexibility index (Phi) is 5.08. The van der Waals surface area contributed by atoms with Gasteiger partial charge in [-0.2, -0.15) is 0 Å². The minimum atomic E-state index is -0.734. The summed E-state index contributed by atoms with van der Waals surface area (Å²) in [7, 11) is 4.12. The predicted octanol–water partition coefficient (Wildman–Crippen LogP) is 1.18. The van der Waals surface area contributed by atoms with Gasteiger partial charge in [-0.1, -0.05) is 6.92 Å². The fourth-order valence-corrected chi connectivity index (χ4v) is 3.55. The second-order valence-corrected chi connectivity index (χ2v) is 6.72. The van der Waals surface area contributed by atoms with Gasteiger partial charge in [0.25, 0.3) is 0 Å². The van der Waals surface area contributed by atoms with E-state index in [1.165, 1.54) is 0 Å². The molecule has 120 valence electrons. The lowest BCUT2D eigenvalue weighted by Gasteiger charge is -2.34. The van der Waals surface area contributed by atoms with Crippen LogP contribution in [-0.2, 0) is 4.79 Å². The van der Waals surface area contributed by atoms with Gasteiger partial charge in [0.2, 0.25) is 0 Å². The number of nitrogens with zero attached hydrogens (tertiary/aromatic N) is 3. The average Bonchev–Trinajstić information content (AvgIpc) is 2.80. The van der Waals surface area contributed by atoms with Crippen LogP contribution in [0, 0.1) is 11.8 Å². The van der Waals surface area contributed by atoms with Crippen molar-refractivity contribution >= 4 is 12.0 Å². The number of carbonyl (C=O) groups excluding carboxylic acids is 1. The Morgan fingerprint density at radius 2 is 1.76 bits per heavy atom. The summed E-state index contributed by atoms with van der Waals surface area (Å²) >= 11 is 0. The number of carbonyl (C=O) groups is 2. The molecule has 2 heterocycles. The molecule has 0 radical (unpaired) electrons. The van der Waals surface area contributed by atoms with E-state index in [2.05, 4.69) is 25.9 Å². The Hall–Kier alpha value is -1.30. The average molecular weight is 297 g/mol. The van der Waals surface area contributed by atoms with Gasteiger partial charge in [-0.25, -0.2) is 4.79 Å². The van der Waals surface area contributed by atoms with E-state index in [0.717, 1.165) is 25.9 Å². The summed E-state index contributed by atoms with van der Waals surface area (Å²) in [4.78, 5) is 29.3. The summed E-state index contributed by atoms with van der Waals surface area (Å²) in [6, 6.07) is 0.554. The van der Waals surface area contributed by atoms with Crippen LogP contribution in [0.2, 0.25) is 0 Å². The third kappa shape index (κ3) is 3.87. The van der Waals surface area contributed by atoms with Crippen LogP contribution in [-0.4, -0.2) is 78.1 Å². The summed E-state index contributed by atoms with van der Waals surface area (Å²) in [6.07, 6.45) is 1.84. The maximum Gasteiger partial charge on any atom is 0.320 e. The standard InChI is InChI=1S/C15H27N3O3/c1-11-9-18(10-13(11)16(2)3)15(21)17-6-4-12(5-7-17)8-14(19)20/h11-13H,4-10H2,1-3H3,(H,19,20). The molecular formula is C15H27N3O3. The lowest BCUT2D eigenvalue weighted by molar-refractivity contribution is -0.138. The molecule has 0 aromatic heterocycles. The third-order valence-corrected chi connectivity index (χ3v) is 4.85. The number of rotatable bonds is 3. The van der Waals surface area contributed by atoms with Gasteiger partial charge in [-0.15, -0.1) is 0 Å². The first kappa shape index (κ1) is 16.1. The number of likely N-dealkylation sites (N-methyl/N-ethyl adjacent to an activating group) is 1. The maximum atomic E-state index is 12.6. The molecule has 2 unspecified atom stereocenters. The molecule has 6 heteroatoms. The second-order valence-electron chi connectivity index (χ2n) is 6.72. The number of hydrogen-bond acceptors (Lipinski definition) is 3. The molecule has 2 aliphatic rings. The highest BCUT2D eigenvalue weighted by Gasteiger charge is 2.36. The molecule has 2 atom stereocenters. The zero-order chi connectivity index (χ0) is 15.6. The number of likely N-dealkylation sites (tertiary alicyclic amines) is 2. The second kappa shape index (κ2) is 6.64. The van der Waals surface area contributed by atoms with Crippen LogP contribution in [0.25, 0.3) is 0 Å². The minimum Gasteiger partial charge on any atom is -0.481 e. The van der Waals surface area contributed by atoms with Crippen molar-refractivity contribution in [1.29, 1.82) is 0 Å². The topological polar surface area (TPSA) is 64.1 Å². The Balaban J connectivity index is 1.84. The zero-order valence-electron chi connectivity index (χ0n) is 13.3. The molecule has 2 fully saturated rings. The zero-order valence-corrected chi connectivity index (χ0v) is 13.3. The third-order valence-electron chi connectivity index (χ3n) is 4.85. The summed E-state index contributed by atoms with van der Waals surface area (Å²) < 4.78 is 0. The van der Waals surface area contributed by atoms with E-state index in [1.54, 1.807) is 0 Å². The minimum absolute atomic E-state index is 0.125. The molecule has 6 nitrogen and oxygen atoms in total. The molecule has 0 aromatic rings. The first-order chi connectivity index (χ1) is 9.88. The van der Waals surface area contributed by atoms with Crippen molar-refractivity contribution in [2.45, 2.75) is 32.2 Å². The quantitative estimate of drug-likeness (QED) is 0.849. The predicted molar refractivity (Wildman–Crippen MR) is 80.2 cm³/mol. The summed E-state index contributed by atoms with van der Waals surface area (Å²) in [5.74, 6) is -0.0194. The molecule has 2 amide bonds. The van der Waals surface area contributed by atoms with Gasteiger partial charge in [0.15, 0.2) is 0 Å². The Bertz CT molecular complexity index is 392. The van der Waals surface area contributed by atoms with Crippen LogP contribution >= 0.6 is 0 Å². The van der Waals surface area contributed by atoms with E-state index in [9.17, 15) is 9.59 Å². The van der Waals surface area contributed by atoms with Crippen molar-refractivity contribution in [3.63, 3.8) is 0 Å². The number of carboxylic acids is 1. The van der Waals surface area contributed by atoms with Gasteiger partial charge in [-0.3, -0.25) is 4.79 Å². The fourth-order valence-electron chi connectivity index (χ4n) is 3.55. The highest BCUT2D eigenvalue weighted by molar-refractivity contribution is 5.75. The first-order valence-electron chi connectivity index (χ1n) is 7.80. The van der Waals surface area contributed by atoms with E-state index < -0.39 is 5.97 Å². The van der Waals surface area contributed by atoms with E-state index in [1.807, 2.05) is 9.80 Å². The van der Waals surface area contributed by atoms with Crippen LogP contribution in [0.15, 0.2) is 0 Å². The van der Waals surface area contributed by atoms with Gasteiger partial charge < -0.3 is 19.8 Å². The van der Waals surface area contributed by atoms with Crippen molar-refractivity contribution in [2.24, 2.45) is 11.8 Å². The first-order valence-corrected chi connectivity index (χ1v) is 7.80. The van der Waals surface area contributed by atoms with E-state index in [0.29, 0.717) is 25.0 Å². The molecule has 0 saturated carbocycles. The number of urea groups is 1. The maximum absolute atomic E-state index is 12.6. The molecule has 0 spiro atoms. The van der Waals surface area contributed by atoms with Crippen LogP contribution in [0.5, 0.6) is 0 Å². The normalized spacial score (nSPS) is 27.4. The molecule has 0 bridgehead atoms. The van der Waals surface area contributed by atoms with E-state index >= 15 is 0 Å². The van der Waals surface area contributed by atoms with Gasteiger partial charge in [0.1, 0.15) is 0 Å². The molecule has 0 aliphatic carbocycles. The molecule has 21 heavy (non-hydrogen) atoms. The van der Waals surface area contributed by atoms with Crippen molar-refractivity contribution in [3.05, 3.63) is 0 Å². The van der Waals surface area contributed by atoms with Crippen molar-refractivity contribution in [1.82, 2.24) is 14.7 Å². The Morgan fingerprint density at radius 1 is 1.14 bits per heavy atom. The SMILES string of the molecule is CC1CN(C(=O)N2CCC(CC(=O)O)CC2)CC1N(C)C. The Morgan fingerprint density at radius 3 is 2.24 bits per heavy atom. The molecule has 2 rings (SSSR count). The van der Waals surface area contributed by atoms with Crippen LogP contribution in [0.3, 0.4) is 0 Å². The van der Waals surface area contributed by atoms with Gasteiger partial charge in [-0.05, 0) is 38.8 Å². The van der Waals surface area contributed by atoms with Crippen molar-refractivity contribution in [2.75, 3.05) is 40.3 Å². The lowest BCUT2D eigenvalue weighted by atomic mass is 9.94. The van der Waals surface area contributed by atoms with Crippen LogP contribution in [0.1, 0.15) is 26.2 Å². The fraction of sp³-hybridized carbons (Fsp3) is 0.867. The molecule has 1 N–H and O–H groups in total. The number of amides is 2. The highest BCUT2D eigenvalue weighted by Crippen LogP contribution is 2.25. The van der Waals surface area contributed by atoms with Crippen LogP contribution < -0.4 is 0 Å². The molecule has 2 saturated heterocycles. The van der Waals surface area contributed by atoms with E-state index in [-0.39, 0.29) is 18.4 Å². The monoisotopic (exact) mass is 297 g/mol.